The fourth-order valence-corrected chi connectivity index (χ4v) is 6.36. The molecule has 2 aliphatic rings. The lowest BCUT2D eigenvalue weighted by molar-refractivity contribution is -0.166. The summed E-state index contributed by atoms with van der Waals surface area (Å²) >= 11 is 2.98. The number of aliphatic hydroxyl groups is 1. The molecule has 190 valence electrons. The number of fused-ring (bicyclic) bond motifs is 2. The van der Waals surface area contributed by atoms with E-state index >= 15 is 0 Å². The minimum atomic E-state index is -0.945. The minimum absolute atomic E-state index is 0.110. The summed E-state index contributed by atoms with van der Waals surface area (Å²) in [7, 11) is 0. The molecule has 2 aliphatic heterocycles. The molecule has 12 heteroatoms. The van der Waals surface area contributed by atoms with Gasteiger partial charge in [-0.2, -0.15) is 0 Å². The highest BCUT2D eigenvalue weighted by atomic mass is 32.2. The standard InChI is InChI=1S/C23H29N3O7S2/c1-11-14(13-7-25-9-24-18(34-6)20(25)35-13)17(26-16(11)15(12(2)27)19(26)28)21(29)32-10-33-22(30)31-8-23(3,4)5/h7,9,11-12,15-16,27H,8,10H2,1-6H3/t11-,12+,15+,16+/m0/s1. The van der Waals surface area contributed by atoms with Crippen molar-refractivity contribution >= 4 is 51.5 Å². The average Bonchev–Trinajstić information content (AvgIpc) is 3.41. The number of thiazole rings is 1. The molecular formula is C23H29N3O7S2. The summed E-state index contributed by atoms with van der Waals surface area (Å²) in [5, 5.41) is 11.0. The molecule has 0 aliphatic carbocycles. The molecule has 4 rings (SSSR count). The van der Waals surface area contributed by atoms with E-state index < -0.39 is 30.9 Å². The molecule has 0 radical (unpaired) electrons. The highest BCUT2D eigenvalue weighted by molar-refractivity contribution is 7.98. The molecule has 1 fully saturated rings. The highest BCUT2D eigenvalue weighted by Crippen LogP contribution is 2.52. The lowest BCUT2D eigenvalue weighted by atomic mass is 9.77. The number of thioether (sulfide) groups is 1. The Morgan fingerprint density at radius 1 is 1.29 bits per heavy atom. The molecule has 2 aromatic heterocycles. The maximum atomic E-state index is 13.2. The Morgan fingerprint density at radius 2 is 2.00 bits per heavy atom. The van der Waals surface area contributed by atoms with E-state index in [4.69, 9.17) is 14.2 Å². The van der Waals surface area contributed by atoms with Gasteiger partial charge in [0.05, 0.1) is 29.5 Å². The second kappa shape index (κ2) is 9.47. The van der Waals surface area contributed by atoms with Gasteiger partial charge < -0.3 is 24.2 Å². The quantitative estimate of drug-likeness (QED) is 0.252. The van der Waals surface area contributed by atoms with Crippen LogP contribution in [-0.4, -0.2) is 69.2 Å². The lowest BCUT2D eigenvalue weighted by Gasteiger charge is -2.46. The first-order chi connectivity index (χ1) is 16.4. The first-order valence-corrected chi connectivity index (χ1v) is 13.2. The molecule has 1 saturated heterocycles. The van der Waals surface area contributed by atoms with E-state index in [0.717, 1.165) is 14.7 Å². The Bertz CT molecular complexity index is 1190. The molecule has 1 amide bonds. The van der Waals surface area contributed by atoms with Gasteiger partial charge in [-0.3, -0.25) is 9.20 Å². The normalized spacial score (nSPS) is 22.8. The number of esters is 1. The van der Waals surface area contributed by atoms with E-state index in [2.05, 4.69) is 4.98 Å². The van der Waals surface area contributed by atoms with Crippen LogP contribution in [0, 0.1) is 17.3 Å². The SMILES string of the molecule is CSc1ncn2cc(C3=C(C(=O)OCOC(=O)OCC(C)(C)C)N4C(=O)[C@H]([C@@H](C)O)[C@H]4[C@H]3C)sc12. The number of aliphatic hydroxyl groups excluding tert-OH is 1. The van der Waals surface area contributed by atoms with E-state index in [1.165, 1.54) is 28.0 Å². The van der Waals surface area contributed by atoms with Crippen LogP contribution in [0.3, 0.4) is 0 Å². The molecule has 0 spiro atoms. The summed E-state index contributed by atoms with van der Waals surface area (Å²) in [4.78, 5) is 45.4. The Hall–Kier alpha value is -2.57. The van der Waals surface area contributed by atoms with Crippen molar-refractivity contribution in [3.8, 4) is 0 Å². The number of hydrogen-bond acceptors (Lipinski definition) is 10. The molecule has 10 nitrogen and oxygen atoms in total. The smallest absolute Gasteiger partial charge is 0.434 e. The molecule has 4 heterocycles. The number of nitrogens with zero attached hydrogens (tertiary/aromatic N) is 3. The Kier molecular flexibility index (Phi) is 6.91. The Labute approximate surface area is 211 Å². The van der Waals surface area contributed by atoms with Gasteiger partial charge in [-0.15, -0.1) is 23.1 Å². The van der Waals surface area contributed by atoms with Crippen molar-refractivity contribution in [2.75, 3.05) is 19.7 Å². The van der Waals surface area contributed by atoms with Gasteiger partial charge in [0.2, 0.25) is 12.7 Å². The highest BCUT2D eigenvalue weighted by Gasteiger charge is 2.60. The zero-order valence-corrected chi connectivity index (χ0v) is 22.1. The number of ether oxygens (including phenoxy) is 3. The molecule has 0 unspecified atom stereocenters. The van der Waals surface area contributed by atoms with Crippen molar-refractivity contribution in [3.63, 3.8) is 0 Å². The number of imidazole rings is 1. The fraction of sp³-hybridized carbons (Fsp3) is 0.565. The van der Waals surface area contributed by atoms with E-state index in [9.17, 15) is 19.5 Å². The van der Waals surface area contributed by atoms with Crippen LogP contribution in [0.15, 0.2) is 23.2 Å². The van der Waals surface area contributed by atoms with Crippen LogP contribution in [0.5, 0.6) is 0 Å². The van der Waals surface area contributed by atoms with Gasteiger partial charge in [0.25, 0.3) is 0 Å². The monoisotopic (exact) mass is 523 g/mol. The zero-order chi connectivity index (χ0) is 25.7. The summed E-state index contributed by atoms with van der Waals surface area (Å²) in [6, 6.07) is -0.364. The largest absolute Gasteiger partial charge is 0.511 e. The van der Waals surface area contributed by atoms with Gasteiger partial charge in [0.15, 0.2) is 0 Å². The minimum Gasteiger partial charge on any atom is -0.434 e. The third kappa shape index (κ3) is 4.66. The van der Waals surface area contributed by atoms with Crippen LogP contribution in [0.2, 0.25) is 0 Å². The summed E-state index contributed by atoms with van der Waals surface area (Å²) in [5.74, 6) is -1.94. The topological polar surface area (TPSA) is 120 Å². The predicted molar refractivity (Wildman–Crippen MR) is 130 cm³/mol. The van der Waals surface area contributed by atoms with Crippen LogP contribution in [0.4, 0.5) is 4.79 Å². The zero-order valence-electron chi connectivity index (χ0n) is 20.4. The summed E-state index contributed by atoms with van der Waals surface area (Å²) < 4.78 is 17.0. The maximum Gasteiger partial charge on any atom is 0.511 e. The van der Waals surface area contributed by atoms with E-state index in [-0.39, 0.29) is 35.6 Å². The Morgan fingerprint density at radius 3 is 2.63 bits per heavy atom. The number of carbonyl (C=O) groups excluding carboxylic acids is 3. The number of hydrogen-bond donors (Lipinski definition) is 1. The van der Waals surface area contributed by atoms with Gasteiger partial charge in [0.1, 0.15) is 21.9 Å². The van der Waals surface area contributed by atoms with E-state index in [1.54, 1.807) is 13.3 Å². The number of carbonyl (C=O) groups is 3. The van der Waals surface area contributed by atoms with Crippen LogP contribution in [-0.2, 0) is 23.8 Å². The molecule has 0 saturated carbocycles. The van der Waals surface area contributed by atoms with Gasteiger partial charge in [0, 0.05) is 17.7 Å². The van der Waals surface area contributed by atoms with Crippen molar-refractivity contribution in [1.29, 1.82) is 0 Å². The number of β-lactam (4-membered cyclic amide) rings is 1. The average molecular weight is 524 g/mol. The van der Waals surface area contributed by atoms with Crippen LogP contribution in [0.25, 0.3) is 10.4 Å². The number of rotatable bonds is 7. The number of amides is 1. The van der Waals surface area contributed by atoms with Gasteiger partial charge >= 0.3 is 12.1 Å². The van der Waals surface area contributed by atoms with Crippen LogP contribution < -0.4 is 0 Å². The molecule has 2 aromatic rings. The predicted octanol–water partition coefficient (Wildman–Crippen LogP) is 3.39. The Balaban J connectivity index is 1.59. The second-order valence-electron chi connectivity index (χ2n) is 9.87. The number of aromatic nitrogens is 2. The van der Waals surface area contributed by atoms with Crippen molar-refractivity contribution in [2.24, 2.45) is 17.3 Å². The summed E-state index contributed by atoms with van der Waals surface area (Å²) in [6.07, 6.45) is 3.72. The molecular weight excluding hydrogens is 494 g/mol. The van der Waals surface area contributed by atoms with Crippen LogP contribution >= 0.6 is 23.1 Å². The van der Waals surface area contributed by atoms with Gasteiger partial charge in [-0.25, -0.2) is 14.6 Å². The second-order valence-corrected chi connectivity index (χ2v) is 11.7. The van der Waals surface area contributed by atoms with E-state index in [0.29, 0.717) is 5.57 Å². The summed E-state index contributed by atoms with van der Waals surface area (Å²) in [6.45, 7) is 8.72. The van der Waals surface area contributed by atoms with Gasteiger partial charge in [-0.05, 0) is 18.6 Å². The third-order valence-corrected chi connectivity index (χ3v) is 7.95. The maximum absolute atomic E-state index is 13.2. The molecule has 4 atom stereocenters. The van der Waals surface area contributed by atoms with E-state index in [1.807, 2.05) is 44.5 Å². The molecule has 35 heavy (non-hydrogen) atoms. The molecule has 1 N–H and O–H groups in total. The lowest BCUT2D eigenvalue weighted by Crippen LogP contribution is -2.63. The van der Waals surface area contributed by atoms with Crippen molar-refractivity contribution < 1.29 is 33.7 Å². The summed E-state index contributed by atoms with van der Waals surface area (Å²) in [5.41, 5.74) is 0.534. The molecule has 0 bridgehead atoms. The van der Waals surface area contributed by atoms with Gasteiger partial charge in [-0.1, -0.05) is 27.7 Å². The van der Waals surface area contributed by atoms with Crippen molar-refractivity contribution in [2.45, 2.75) is 51.8 Å². The molecule has 0 aromatic carbocycles. The fourth-order valence-electron chi connectivity index (χ4n) is 4.44. The first kappa shape index (κ1) is 25.5. The van der Waals surface area contributed by atoms with Crippen LogP contribution in [0.1, 0.15) is 39.5 Å². The first-order valence-electron chi connectivity index (χ1n) is 11.2. The van der Waals surface area contributed by atoms with Crippen molar-refractivity contribution in [1.82, 2.24) is 14.3 Å². The third-order valence-electron chi connectivity index (χ3n) is 5.99. The van der Waals surface area contributed by atoms with Crippen molar-refractivity contribution in [3.05, 3.63) is 23.1 Å².